The van der Waals surface area contributed by atoms with Gasteiger partial charge in [0.15, 0.2) is 5.78 Å². The molecule has 1 unspecified atom stereocenters. The van der Waals surface area contributed by atoms with E-state index in [0.717, 1.165) is 12.0 Å². The lowest BCUT2D eigenvalue weighted by molar-refractivity contribution is 0.0970. The van der Waals surface area contributed by atoms with Crippen LogP contribution in [-0.2, 0) is 0 Å². The van der Waals surface area contributed by atoms with Crippen molar-refractivity contribution < 1.29 is 14.3 Å². The first-order valence-corrected chi connectivity index (χ1v) is 7.34. The smallest absolute Gasteiger partial charge is 0.167 e. The molecular weight excluding hydrogens is 278 g/mol. The number of carbonyl (C=O) groups excluding carboxylic acids is 1. The number of aromatic nitrogens is 1. The molecule has 0 amide bonds. The minimum Gasteiger partial charge on any atom is -0.497 e. The highest BCUT2D eigenvalue weighted by Crippen LogP contribution is 2.29. The molecule has 0 saturated heterocycles. The van der Waals surface area contributed by atoms with E-state index in [9.17, 15) is 4.79 Å². The van der Waals surface area contributed by atoms with Crippen LogP contribution in [-0.4, -0.2) is 25.0 Å². The molecule has 2 aromatic rings. The molecule has 0 saturated carbocycles. The number of rotatable bonds is 7. The summed E-state index contributed by atoms with van der Waals surface area (Å²) in [5.41, 5.74) is 1.73. The largest absolute Gasteiger partial charge is 0.497 e. The Morgan fingerprint density at radius 2 is 1.86 bits per heavy atom. The van der Waals surface area contributed by atoms with Crippen molar-refractivity contribution in [3.8, 4) is 11.5 Å². The summed E-state index contributed by atoms with van der Waals surface area (Å²) in [6.45, 7) is 2.09. The first kappa shape index (κ1) is 16.0. The van der Waals surface area contributed by atoms with Gasteiger partial charge in [-0.2, -0.15) is 0 Å². The van der Waals surface area contributed by atoms with E-state index in [2.05, 4.69) is 11.9 Å². The van der Waals surface area contributed by atoms with E-state index in [4.69, 9.17) is 9.47 Å². The van der Waals surface area contributed by atoms with Gasteiger partial charge in [0.2, 0.25) is 0 Å². The topological polar surface area (TPSA) is 48.4 Å². The van der Waals surface area contributed by atoms with Gasteiger partial charge in [0.25, 0.3) is 0 Å². The number of carbonyl (C=O) groups is 1. The molecule has 1 aromatic carbocycles. The molecule has 22 heavy (non-hydrogen) atoms. The van der Waals surface area contributed by atoms with Crippen LogP contribution in [0.2, 0.25) is 0 Å². The highest BCUT2D eigenvalue weighted by atomic mass is 16.5. The summed E-state index contributed by atoms with van der Waals surface area (Å²) >= 11 is 0. The number of Topliss-reactive ketones (excluding diaryl/α,β-unsaturated/α-hetero) is 1. The fourth-order valence-electron chi connectivity index (χ4n) is 2.50. The van der Waals surface area contributed by atoms with Gasteiger partial charge in [0.1, 0.15) is 11.5 Å². The number of ketones is 1. The van der Waals surface area contributed by atoms with Crippen molar-refractivity contribution in [2.24, 2.45) is 0 Å². The molecule has 2 rings (SSSR count). The quantitative estimate of drug-likeness (QED) is 0.728. The van der Waals surface area contributed by atoms with Crippen LogP contribution in [0.3, 0.4) is 0 Å². The third-order valence-corrected chi connectivity index (χ3v) is 3.81. The molecule has 4 heteroatoms. The Hall–Kier alpha value is -2.36. The second-order valence-corrected chi connectivity index (χ2v) is 5.08. The summed E-state index contributed by atoms with van der Waals surface area (Å²) in [4.78, 5) is 16.7. The van der Waals surface area contributed by atoms with Crippen LogP contribution in [0.1, 0.15) is 41.6 Å². The van der Waals surface area contributed by atoms with E-state index in [1.54, 1.807) is 44.8 Å². The average molecular weight is 299 g/mol. The van der Waals surface area contributed by atoms with Gasteiger partial charge in [-0.15, -0.1) is 0 Å². The van der Waals surface area contributed by atoms with Crippen LogP contribution < -0.4 is 9.47 Å². The van der Waals surface area contributed by atoms with Crippen molar-refractivity contribution in [1.82, 2.24) is 4.98 Å². The maximum Gasteiger partial charge on any atom is 0.167 e. The van der Waals surface area contributed by atoms with Crippen molar-refractivity contribution >= 4 is 5.78 Å². The van der Waals surface area contributed by atoms with Crippen molar-refractivity contribution in [2.75, 3.05) is 14.2 Å². The maximum absolute atomic E-state index is 12.6. The van der Waals surface area contributed by atoms with E-state index in [1.165, 1.54) is 0 Å². The molecule has 116 valence electrons. The average Bonchev–Trinajstić information content (AvgIpc) is 2.59. The molecule has 0 aliphatic heterocycles. The lowest BCUT2D eigenvalue weighted by atomic mass is 9.90. The van der Waals surface area contributed by atoms with E-state index in [0.29, 0.717) is 23.5 Å². The van der Waals surface area contributed by atoms with Crippen molar-refractivity contribution in [1.29, 1.82) is 0 Å². The van der Waals surface area contributed by atoms with Crippen molar-refractivity contribution in [3.63, 3.8) is 0 Å². The predicted molar refractivity (Wildman–Crippen MR) is 85.8 cm³/mol. The Kier molecular flexibility index (Phi) is 5.53. The van der Waals surface area contributed by atoms with Crippen LogP contribution in [0.25, 0.3) is 0 Å². The van der Waals surface area contributed by atoms with Gasteiger partial charge in [0, 0.05) is 24.9 Å². The summed E-state index contributed by atoms with van der Waals surface area (Å²) in [6, 6.07) is 9.21. The molecule has 0 spiro atoms. The Morgan fingerprint density at radius 1 is 1.14 bits per heavy atom. The Bertz CT molecular complexity index is 625. The molecule has 0 bridgehead atoms. The van der Waals surface area contributed by atoms with Crippen LogP contribution >= 0.6 is 0 Å². The SMILES string of the molecule is CCC(CC(=O)c1ccc(OC)cc1OC)c1ccncc1. The zero-order valence-corrected chi connectivity index (χ0v) is 13.2. The standard InChI is InChI=1S/C18H21NO3/c1-4-13(14-7-9-19-10-8-14)11-17(20)16-6-5-15(21-2)12-18(16)22-3/h5-10,12-13H,4,11H2,1-3H3. The second kappa shape index (κ2) is 7.59. The fourth-order valence-corrected chi connectivity index (χ4v) is 2.50. The Labute approximate surface area is 131 Å². The predicted octanol–water partition coefficient (Wildman–Crippen LogP) is 3.87. The molecule has 0 aliphatic rings. The van der Waals surface area contributed by atoms with E-state index < -0.39 is 0 Å². The number of benzene rings is 1. The summed E-state index contributed by atoms with van der Waals surface area (Å²) in [6.07, 6.45) is 4.87. The Balaban J connectivity index is 2.21. The molecule has 1 aromatic heterocycles. The molecule has 1 heterocycles. The fraction of sp³-hybridized carbons (Fsp3) is 0.333. The van der Waals surface area contributed by atoms with Crippen LogP contribution in [0.5, 0.6) is 11.5 Å². The zero-order chi connectivity index (χ0) is 15.9. The summed E-state index contributed by atoms with van der Waals surface area (Å²) in [7, 11) is 3.15. The third kappa shape index (κ3) is 3.64. The first-order valence-electron chi connectivity index (χ1n) is 7.34. The highest BCUT2D eigenvalue weighted by Gasteiger charge is 2.19. The summed E-state index contributed by atoms with van der Waals surface area (Å²) < 4.78 is 10.5. The normalized spacial score (nSPS) is 11.8. The highest BCUT2D eigenvalue weighted by molar-refractivity contribution is 5.99. The second-order valence-electron chi connectivity index (χ2n) is 5.08. The summed E-state index contributed by atoms with van der Waals surface area (Å²) in [5.74, 6) is 1.48. The van der Waals surface area contributed by atoms with Gasteiger partial charge in [-0.25, -0.2) is 0 Å². The minimum atomic E-state index is 0.0724. The van der Waals surface area contributed by atoms with Gasteiger partial charge in [-0.1, -0.05) is 6.92 Å². The zero-order valence-electron chi connectivity index (χ0n) is 13.2. The number of nitrogens with zero attached hydrogens (tertiary/aromatic N) is 1. The minimum absolute atomic E-state index is 0.0724. The van der Waals surface area contributed by atoms with Gasteiger partial charge in [-0.05, 0) is 42.2 Å². The van der Waals surface area contributed by atoms with Gasteiger partial charge >= 0.3 is 0 Å². The molecule has 1 atom stereocenters. The van der Waals surface area contributed by atoms with E-state index in [-0.39, 0.29) is 11.7 Å². The van der Waals surface area contributed by atoms with E-state index >= 15 is 0 Å². The van der Waals surface area contributed by atoms with Gasteiger partial charge in [-0.3, -0.25) is 9.78 Å². The van der Waals surface area contributed by atoms with E-state index in [1.807, 2.05) is 12.1 Å². The van der Waals surface area contributed by atoms with Crippen LogP contribution in [0.4, 0.5) is 0 Å². The summed E-state index contributed by atoms with van der Waals surface area (Å²) in [5, 5.41) is 0. The van der Waals surface area contributed by atoms with Crippen LogP contribution in [0, 0.1) is 0 Å². The first-order chi connectivity index (χ1) is 10.7. The number of methoxy groups -OCH3 is 2. The molecule has 0 aliphatic carbocycles. The van der Waals surface area contributed by atoms with Gasteiger partial charge < -0.3 is 9.47 Å². The number of ether oxygens (including phenoxy) is 2. The number of pyridine rings is 1. The molecule has 0 radical (unpaired) electrons. The molecular formula is C18H21NO3. The Morgan fingerprint density at radius 3 is 2.45 bits per heavy atom. The van der Waals surface area contributed by atoms with Crippen molar-refractivity contribution in [3.05, 3.63) is 53.9 Å². The molecule has 0 N–H and O–H groups in total. The van der Waals surface area contributed by atoms with Crippen molar-refractivity contribution in [2.45, 2.75) is 25.7 Å². The lowest BCUT2D eigenvalue weighted by Gasteiger charge is -2.16. The number of hydrogen-bond donors (Lipinski definition) is 0. The maximum atomic E-state index is 12.6. The lowest BCUT2D eigenvalue weighted by Crippen LogP contribution is -2.09. The third-order valence-electron chi connectivity index (χ3n) is 3.81. The molecule has 4 nitrogen and oxygen atoms in total. The number of hydrogen-bond acceptors (Lipinski definition) is 4. The van der Waals surface area contributed by atoms with Crippen LogP contribution in [0.15, 0.2) is 42.7 Å². The molecule has 0 fully saturated rings. The monoisotopic (exact) mass is 299 g/mol. The van der Waals surface area contributed by atoms with Gasteiger partial charge in [0.05, 0.1) is 19.8 Å².